The molecule has 0 aromatic heterocycles. The molecule has 0 fully saturated rings. The maximum absolute atomic E-state index is 12.4. The molecule has 2 aromatic rings. The van der Waals surface area contributed by atoms with Crippen LogP contribution in [0.5, 0.6) is 5.75 Å². The second-order valence-electron chi connectivity index (χ2n) is 4.72. The Morgan fingerprint density at radius 2 is 1.81 bits per heavy atom. The fourth-order valence-corrected chi connectivity index (χ4v) is 2.35. The number of alkyl halides is 2. The van der Waals surface area contributed by atoms with E-state index in [4.69, 9.17) is 0 Å². The largest absolute Gasteiger partial charge is 0.434 e. The van der Waals surface area contributed by atoms with E-state index in [9.17, 15) is 8.78 Å². The minimum atomic E-state index is -2.82. The molecule has 0 amide bonds. The van der Waals surface area contributed by atoms with Crippen molar-refractivity contribution < 1.29 is 13.5 Å². The zero-order chi connectivity index (χ0) is 15.2. The summed E-state index contributed by atoms with van der Waals surface area (Å²) in [5.74, 6) is 0.199. The van der Waals surface area contributed by atoms with Gasteiger partial charge in [-0.3, -0.25) is 0 Å². The Morgan fingerprint density at radius 3 is 2.48 bits per heavy atom. The van der Waals surface area contributed by atoms with Crippen molar-refractivity contribution in [2.75, 3.05) is 0 Å². The van der Waals surface area contributed by atoms with Gasteiger partial charge < -0.3 is 10.1 Å². The Balaban J connectivity index is 1.98. The lowest BCUT2D eigenvalue weighted by Gasteiger charge is -2.12. The lowest BCUT2D eigenvalue weighted by Crippen LogP contribution is -2.14. The van der Waals surface area contributed by atoms with Gasteiger partial charge in [0, 0.05) is 23.1 Å². The van der Waals surface area contributed by atoms with Crippen molar-refractivity contribution in [3.05, 3.63) is 63.6 Å². The number of aryl methyl sites for hydroxylation is 1. The molecule has 0 saturated carbocycles. The minimum Gasteiger partial charge on any atom is -0.434 e. The number of halogens is 3. The van der Waals surface area contributed by atoms with Gasteiger partial charge in [-0.05, 0) is 30.7 Å². The molecule has 0 unspecified atom stereocenters. The van der Waals surface area contributed by atoms with Crippen LogP contribution in [0.4, 0.5) is 8.78 Å². The van der Waals surface area contributed by atoms with E-state index in [0.29, 0.717) is 18.7 Å². The van der Waals surface area contributed by atoms with Gasteiger partial charge in [-0.15, -0.1) is 0 Å². The van der Waals surface area contributed by atoms with Crippen LogP contribution in [0.15, 0.2) is 46.9 Å². The molecule has 0 aliphatic carbocycles. The summed E-state index contributed by atoms with van der Waals surface area (Å²) >= 11 is 3.34. The molecule has 0 bridgehead atoms. The SMILES string of the molecule is Cc1ccc(CNCc2cc(Br)ccc2OC(F)F)cc1. The summed E-state index contributed by atoms with van der Waals surface area (Å²) < 4.78 is 30.1. The predicted molar refractivity (Wildman–Crippen MR) is 82.5 cm³/mol. The topological polar surface area (TPSA) is 21.3 Å². The normalized spacial score (nSPS) is 10.9. The van der Waals surface area contributed by atoms with Gasteiger partial charge in [0.15, 0.2) is 0 Å². The Morgan fingerprint density at radius 1 is 1.10 bits per heavy atom. The molecular weight excluding hydrogens is 340 g/mol. The van der Waals surface area contributed by atoms with Gasteiger partial charge in [0.2, 0.25) is 0 Å². The molecule has 0 heterocycles. The lowest BCUT2D eigenvalue weighted by molar-refractivity contribution is -0.0505. The van der Waals surface area contributed by atoms with Crippen molar-refractivity contribution in [3.63, 3.8) is 0 Å². The number of hydrogen-bond donors (Lipinski definition) is 1. The summed E-state index contributed by atoms with van der Waals surface area (Å²) in [4.78, 5) is 0. The second kappa shape index (κ2) is 7.52. The van der Waals surface area contributed by atoms with E-state index in [1.807, 2.05) is 31.2 Å². The summed E-state index contributed by atoms with van der Waals surface area (Å²) in [7, 11) is 0. The molecule has 2 rings (SSSR count). The number of nitrogens with one attached hydrogen (secondary N) is 1. The van der Waals surface area contributed by atoms with Gasteiger partial charge in [-0.1, -0.05) is 45.8 Å². The molecule has 0 atom stereocenters. The highest BCUT2D eigenvalue weighted by Crippen LogP contribution is 2.24. The van der Waals surface area contributed by atoms with Crippen molar-refractivity contribution in [3.8, 4) is 5.75 Å². The molecule has 1 N–H and O–H groups in total. The number of ether oxygens (including phenoxy) is 1. The number of hydrogen-bond acceptors (Lipinski definition) is 2. The monoisotopic (exact) mass is 355 g/mol. The number of rotatable bonds is 6. The average Bonchev–Trinajstić information content (AvgIpc) is 2.43. The van der Waals surface area contributed by atoms with Gasteiger partial charge in [0.25, 0.3) is 0 Å². The van der Waals surface area contributed by atoms with E-state index >= 15 is 0 Å². The van der Waals surface area contributed by atoms with E-state index in [-0.39, 0.29) is 5.75 Å². The van der Waals surface area contributed by atoms with Gasteiger partial charge in [-0.25, -0.2) is 0 Å². The third kappa shape index (κ3) is 5.10. The standard InChI is InChI=1S/C16H16BrF2NO/c1-11-2-4-12(5-3-11)9-20-10-13-8-14(17)6-7-15(13)21-16(18)19/h2-8,16,20H,9-10H2,1H3. The van der Waals surface area contributed by atoms with Crippen LogP contribution >= 0.6 is 15.9 Å². The van der Waals surface area contributed by atoms with Crippen LogP contribution in [-0.2, 0) is 13.1 Å². The van der Waals surface area contributed by atoms with E-state index in [1.165, 1.54) is 5.56 Å². The van der Waals surface area contributed by atoms with Crippen LogP contribution in [0, 0.1) is 6.92 Å². The molecular formula is C16H16BrF2NO. The first-order chi connectivity index (χ1) is 10.0. The maximum atomic E-state index is 12.4. The predicted octanol–water partition coefficient (Wildman–Crippen LogP) is 4.65. The van der Waals surface area contributed by atoms with Crippen molar-refractivity contribution in [2.45, 2.75) is 26.6 Å². The average molecular weight is 356 g/mol. The van der Waals surface area contributed by atoms with E-state index in [2.05, 4.69) is 26.0 Å². The maximum Gasteiger partial charge on any atom is 0.387 e. The molecule has 5 heteroatoms. The Bertz CT molecular complexity index is 587. The summed E-state index contributed by atoms with van der Waals surface area (Å²) in [6.07, 6.45) is 0. The van der Waals surface area contributed by atoms with Crippen LogP contribution in [0.2, 0.25) is 0 Å². The summed E-state index contributed by atoms with van der Waals surface area (Å²) in [5, 5.41) is 3.23. The van der Waals surface area contributed by atoms with Gasteiger partial charge in [0.1, 0.15) is 5.75 Å². The summed E-state index contributed by atoms with van der Waals surface area (Å²) in [5.41, 5.74) is 3.04. The molecule has 2 nitrogen and oxygen atoms in total. The smallest absolute Gasteiger partial charge is 0.387 e. The van der Waals surface area contributed by atoms with E-state index in [1.54, 1.807) is 18.2 Å². The van der Waals surface area contributed by atoms with Gasteiger partial charge in [0.05, 0.1) is 0 Å². The zero-order valence-electron chi connectivity index (χ0n) is 11.6. The van der Waals surface area contributed by atoms with E-state index < -0.39 is 6.61 Å². The fraction of sp³-hybridized carbons (Fsp3) is 0.250. The van der Waals surface area contributed by atoms with Crippen LogP contribution in [0.3, 0.4) is 0 Å². The molecule has 0 aliphatic heterocycles. The van der Waals surface area contributed by atoms with Gasteiger partial charge >= 0.3 is 6.61 Å². The Kier molecular flexibility index (Phi) is 5.70. The Hall–Kier alpha value is -1.46. The summed E-state index contributed by atoms with van der Waals surface area (Å²) in [6.45, 7) is 0.338. The van der Waals surface area contributed by atoms with Crippen molar-refractivity contribution in [1.82, 2.24) is 5.32 Å². The fourth-order valence-electron chi connectivity index (χ4n) is 1.94. The third-order valence-corrected chi connectivity index (χ3v) is 3.50. The zero-order valence-corrected chi connectivity index (χ0v) is 13.2. The first-order valence-electron chi connectivity index (χ1n) is 6.54. The number of benzene rings is 2. The molecule has 0 aliphatic rings. The van der Waals surface area contributed by atoms with Crippen molar-refractivity contribution in [1.29, 1.82) is 0 Å². The minimum absolute atomic E-state index is 0.199. The first-order valence-corrected chi connectivity index (χ1v) is 7.33. The summed E-state index contributed by atoms with van der Waals surface area (Å²) in [6, 6.07) is 13.2. The van der Waals surface area contributed by atoms with Crippen LogP contribution in [-0.4, -0.2) is 6.61 Å². The molecule has 2 aromatic carbocycles. The van der Waals surface area contributed by atoms with Crippen LogP contribution in [0.1, 0.15) is 16.7 Å². The van der Waals surface area contributed by atoms with Crippen molar-refractivity contribution in [2.24, 2.45) is 0 Å². The third-order valence-electron chi connectivity index (χ3n) is 3.00. The molecule has 0 spiro atoms. The van der Waals surface area contributed by atoms with Gasteiger partial charge in [-0.2, -0.15) is 8.78 Å². The molecule has 0 radical (unpaired) electrons. The first kappa shape index (κ1) is 15.9. The highest BCUT2D eigenvalue weighted by Gasteiger charge is 2.10. The quantitative estimate of drug-likeness (QED) is 0.814. The highest BCUT2D eigenvalue weighted by atomic mass is 79.9. The second-order valence-corrected chi connectivity index (χ2v) is 5.64. The van der Waals surface area contributed by atoms with Crippen LogP contribution in [0.25, 0.3) is 0 Å². The Labute approximate surface area is 131 Å². The van der Waals surface area contributed by atoms with Crippen LogP contribution < -0.4 is 10.1 Å². The van der Waals surface area contributed by atoms with E-state index in [0.717, 1.165) is 10.0 Å². The highest BCUT2D eigenvalue weighted by molar-refractivity contribution is 9.10. The lowest BCUT2D eigenvalue weighted by atomic mass is 10.1. The molecule has 21 heavy (non-hydrogen) atoms. The van der Waals surface area contributed by atoms with Crippen molar-refractivity contribution >= 4 is 15.9 Å². The molecule has 112 valence electrons. The molecule has 0 saturated heterocycles.